The van der Waals surface area contributed by atoms with Crippen LogP contribution in [-0.4, -0.2) is 18.3 Å². The van der Waals surface area contributed by atoms with Gasteiger partial charge in [-0.05, 0) is 55.2 Å². The van der Waals surface area contributed by atoms with Crippen LogP contribution in [0.1, 0.15) is 29.2 Å². The molecule has 6 heteroatoms. The molecule has 0 bridgehead atoms. The molecule has 0 spiro atoms. The van der Waals surface area contributed by atoms with Crippen LogP contribution in [0.4, 0.5) is 10.5 Å². The van der Waals surface area contributed by atoms with Gasteiger partial charge in [0.15, 0.2) is 0 Å². The predicted octanol–water partition coefficient (Wildman–Crippen LogP) is 4.63. The minimum atomic E-state index is -0.650. The van der Waals surface area contributed by atoms with Gasteiger partial charge in [-0.2, -0.15) is 5.06 Å². The molecule has 2 aromatic carbocycles. The van der Waals surface area contributed by atoms with Crippen LogP contribution in [0.3, 0.4) is 0 Å². The molecule has 0 aliphatic rings. The molecule has 0 radical (unpaired) electrons. The average molecular weight is 363 g/mol. The predicted molar refractivity (Wildman–Crippen MR) is 99.8 cm³/mol. The molecule has 0 saturated heterocycles. The molecule has 5 nitrogen and oxygen atoms in total. The second kappa shape index (κ2) is 8.23. The second-order valence-electron chi connectivity index (χ2n) is 5.79. The zero-order valence-electron chi connectivity index (χ0n) is 14.9. The summed E-state index contributed by atoms with van der Waals surface area (Å²) in [5.41, 5.74) is 4.29. The summed E-state index contributed by atoms with van der Waals surface area (Å²) in [6.07, 6.45) is 0.965. The van der Waals surface area contributed by atoms with Crippen molar-refractivity contribution in [2.24, 2.45) is 0 Å². The van der Waals surface area contributed by atoms with Crippen LogP contribution >= 0.6 is 11.6 Å². The number of halogens is 1. The number of amides is 2. The number of aryl methyl sites for hydroxylation is 3. The highest BCUT2D eigenvalue weighted by molar-refractivity contribution is 6.31. The normalized spacial score (nSPS) is 10.5. The Bertz CT molecular complexity index is 778. The van der Waals surface area contributed by atoms with Gasteiger partial charge in [0.05, 0.1) is 5.69 Å². The van der Waals surface area contributed by atoms with Crippen molar-refractivity contribution in [2.75, 3.05) is 12.1 Å². The lowest BCUT2D eigenvalue weighted by Crippen LogP contribution is -2.36. The molecule has 25 heavy (non-hydrogen) atoms. The Morgan fingerprint density at radius 3 is 2.64 bits per heavy atom. The van der Waals surface area contributed by atoms with Crippen molar-refractivity contribution in [3.8, 4) is 5.75 Å². The number of nitrogens with one attached hydrogen (secondary N) is 1. The molecule has 0 aliphatic heterocycles. The Hall–Kier alpha value is -2.24. The van der Waals surface area contributed by atoms with E-state index in [4.69, 9.17) is 16.3 Å². The van der Waals surface area contributed by atoms with E-state index in [0.29, 0.717) is 15.6 Å². The number of hydroxylamine groups is 1. The van der Waals surface area contributed by atoms with Gasteiger partial charge in [-0.15, -0.1) is 0 Å². The van der Waals surface area contributed by atoms with Crippen LogP contribution < -0.4 is 15.1 Å². The summed E-state index contributed by atoms with van der Waals surface area (Å²) in [4.78, 5) is 11.7. The maximum absolute atomic E-state index is 11.7. The number of urea groups is 1. The number of hydrogen-bond acceptors (Lipinski definition) is 3. The van der Waals surface area contributed by atoms with Gasteiger partial charge in [-0.25, -0.2) is 4.79 Å². The van der Waals surface area contributed by atoms with Crippen LogP contribution in [0.2, 0.25) is 5.02 Å². The van der Waals surface area contributed by atoms with E-state index in [1.807, 2.05) is 19.9 Å². The first-order valence-electron chi connectivity index (χ1n) is 8.10. The SMILES string of the molecule is CCc1cc(C)c(OCc2c(Cl)cccc2N(O)C(=O)NC)cc1C. The summed E-state index contributed by atoms with van der Waals surface area (Å²) in [6.45, 7) is 6.29. The Balaban J connectivity index is 2.30. The fourth-order valence-electron chi connectivity index (χ4n) is 2.64. The Kier molecular flexibility index (Phi) is 6.28. The standard InChI is InChI=1S/C19H23ClN2O3/c1-5-14-9-13(3)18(10-12(14)2)25-11-15-16(20)7-6-8-17(15)22(24)19(23)21-4/h6-10,24H,5,11H2,1-4H3,(H,21,23). The van der Waals surface area contributed by atoms with Gasteiger partial charge in [-0.3, -0.25) is 5.21 Å². The van der Waals surface area contributed by atoms with Crippen molar-refractivity contribution in [1.29, 1.82) is 0 Å². The van der Waals surface area contributed by atoms with Gasteiger partial charge in [0.25, 0.3) is 0 Å². The molecule has 2 rings (SSSR count). The molecular formula is C19H23ClN2O3. The van der Waals surface area contributed by atoms with Crippen molar-refractivity contribution >= 4 is 23.3 Å². The third kappa shape index (κ3) is 4.24. The molecule has 0 fully saturated rings. The van der Waals surface area contributed by atoms with Crippen molar-refractivity contribution < 1.29 is 14.7 Å². The summed E-state index contributed by atoms with van der Waals surface area (Å²) in [6, 6.07) is 8.43. The lowest BCUT2D eigenvalue weighted by Gasteiger charge is -2.20. The highest BCUT2D eigenvalue weighted by Crippen LogP contribution is 2.30. The number of carbonyl (C=O) groups is 1. The fourth-order valence-corrected chi connectivity index (χ4v) is 2.86. The van der Waals surface area contributed by atoms with E-state index in [9.17, 15) is 10.0 Å². The highest BCUT2D eigenvalue weighted by Gasteiger charge is 2.18. The fraction of sp³-hybridized carbons (Fsp3) is 0.316. The van der Waals surface area contributed by atoms with Gasteiger partial charge in [0.1, 0.15) is 12.4 Å². The molecule has 0 aliphatic carbocycles. The molecule has 0 unspecified atom stereocenters. The van der Waals surface area contributed by atoms with Gasteiger partial charge in [-0.1, -0.05) is 30.7 Å². The topological polar surface area (TPSA) is 61.8 Å². The van der Waals surface area contributed by atoms with Crippen molar-refractivity contribution in [3.05, 3.63) is 57.6 Å². The second-order valence-corrected chi connectivity index (χ2v) is 6.20. The first kappa shape index (κ1) is 19.1. The largest absolute Gasteiger partial charge is 0.488 e. The monoisotopic (exact) mass is 362 g/mol. The first-order chi connectivity index (χ1) is 11.9. The smallest absolute Gasteiger partial charge is 0.345 e. The summed E-state index contributed by atoms with van der Waals surface area (Å²) in [7, 11) is 1.44. The Morgan fingerprint density at radius 1 is 1.28 bits per heavy atom. The summed E-state index contributed by atoms with van der Waals surface area (Å²) in [5, 5.41) is 13.4. The molecule has 0 aromatic heterocycles. The van der Waals surface area contributed by atoms with Crippen LogP contribution in [0.15, 0.2) is 30.3 Å². The van der Waals surface area contributed by atoms with Gasteiger partial charge >= 0.3 is 6.03 Å². The quantitative estimate of drug-likeness (QED) is 0.602. The minimum absolute atomic E-state index is 0.134. The molecule has 2 aromatic rings. The van der Waals surface area contributed by atoms with E-state index in [-0.39, 0.29) is 12.3 Å². The zero-order chi connectivity index (χ0) is 18.6. The first-order valence-corrected chi connectivity index (χ1v) is 8.47. The van der Waals surface area contributed by atoms with Crippen LogP contribution in [0.25, 0.3) is 0 Å². The number of rotatable bonds is 5. The van der Waals surface area contributed by atoms with Gasteiger partial charge < -0.3 is 10.1 Å². The highest BCUT2D eigenvalue weighted by atomic mass is 35.5. The maximum Gasteiger partial charge on any atom is 0.345 e. The number of hydrogen-bond donors (Lipinski definition) is 2. The van der Waals surface area contributed by atoms with E-state index in [1.165, 1.54) is 12.6 Å². The molecule has 0 saturated carbocycles. The Labute approximate surface area is 153 Å². The van der Waals surface area contributed by atoms with Gasteiger partial charge in [0.2, 0.25) is 0 Å². The van der Waals surface area contributed by atoms with E-state index in [0.717, 1.165) is 23.3 Å². The summed E-state index contributed by atoms with van der Waals surface area (Å²) < 4.78 is 5.93. The van der Waals surface area contributed by atoms with E-state index in [1.54, 1.807) is 18.2 Å². The van der Waals surface area contributed by atoms with E-state index in [2.05, 4.69) is 18.3 Å². The van der Waals surface area contributed by atoms with Gasteiger partial charge in [0, 0.05) is 17.6 Å². The molecular weight excluding hydrogens is 340 g/mol. The molecule has 134 valence electrons. The molecule has 2 amide bonds. The van der Waals surface area contributed by atoms with Crippen LogP contribution in [-0.2, 0) is 13.0 Å². The lowest BCUT2D eigenvalue weighted by atomic mass is 10.0. The van der Waals surface area contributed by atoms with Crippen LogP contribution in [0, 0.1) is 13.8 Å². The number of anilines is 1. The summed E-state index contributed by atoms with van der Waals surface area (Å²) in [5.74, 6) is 0.755. The minimum Gasteiger partial charge on any atom is -0.488 e. The molecule has 0 atom stereocenters. The van der Waals surface area contributed by atoms with Crippen molar-refractivity contribution in [3.63, 3.8) is 0 Å². The van der Waals surface area contributed by atoms with Crippen molar-refractivity contribution in [1.82, 2.24) is 5.32 Å². The van der Waals surface area contributed by atoms with E-state index < -0.39 is 6.03 Å². The lowest BCUT2D eigenvalue weighted by molar-refractivity contribution is 0.205. The third-order valence-electron chi connectivity index (χ3n) is 4.11. The number of nitrogens with zero attached hydrogens (tertiary/aromatic N) is 1. The third-order valence-corrected chi connectivity index (χ3v) is 4.47. The van der Waals surface area contributed by atoms with Crippen molar-refractivity contribution in [2.45, 2.75) is 33.8 Å². The number of carbonyl (C=O) groups excluding carboxylic acids is 1. The maximum atomic E-state index is 11.7. The Morgan fingerprint density at radius 2 is 2.00 bits per heavy atom. The zero-order valence-corrected chi connectivity index (χ0v) is 15.6. The number of benzene rings is 2. The van der Waals surface area contributed by atoms with Crippen LogP contribution in [0.5, 0.6) is 5.75 Å². The number of ether oxygens (including phenoxy) is 1. The van der Waals surface area contributed by atoms with E-state index >= 15 is 0 Å². The average Bonchev–Trinajstić information content (AvgIpc) is 2.61. The molecule has 0 heterocycles. The molecule has 2 N–H and O–H groups in total. The summed E-state index contributed by atoms with van der Waals surface area (Å²) >= 11 is 6.26.